The second-order valence-electron chi connectivity index (χ2n) is 5.39. The number of carbonyl (C=O) groups excluding carboxylic acids is 3. The Morgan fingerprint density at radius 3 is 2.54 bits per heavy atom. The summed E-state index contributed by atoms with van der Waals surface area (Å²) in [5.74, 6) is -1.34. The van der Waals surface area contributed by atoms with Crippen molar-refractivity contribution in [3.63, 3.8) is 0 Å². The topological polar surface area (TPSA) is 90.5 Å². The fraction of sp³-hybridized carbons (Fsp3) is 0.438. The maximum atomic E-state index is 13.0. The Labute approximate surface area is 140 Å². The number of halogens is 1. The molecule has 0 heterocycles. The molecular weight excluding hydrogens is 315 g/mol. The molecule has 0 atom stereocenters. The molecule has 132 valence electrons. The molecule has 0 radical (unpaired) electrons. The number of hydrogen-bond acceptors (Lipinski definition) is 4. The highest BCUT2D eigenvalue weighted by Crippen LogP contribution is 2.08. The van der Waals surface area contributed by atoms with Crippen LogP contribution in [0.15, 0.2) is 24.3 Å². The van der Waals surface area contributed by atoms with E-state index in [2.05, 4.69) is 16.0 Å². The molecule has 0 aliphatic heterocycles. The molecule has 0 aliphatic carbocycles. The van der Waals surface area contributed by atoms with Crippen LogP contribution in [0.3, 0.4) is 0 Å². The Morgan fingerprint density at radius 2 is 1.88 bits per heavy atom. The predicted molar refractivity (Wildman–Crippen MR) is 89.0 cm³/mol. The van der Waals surface area contributed by atoms with Gasteiger partial charge in [-0.2, -0.15) is 0 Å². The number of anilines is 1. The highest BCUT2D eigenvalue weighted by atomic mass is 19.1. The van der Waals surface area contributed by atoms with Gasteiger partial charge in [-0.15, -0.1) is 0 Å². The average Bonchev–Trinajstić information content (AvgIpc) is 2.46. The molecule has 3 N–H and O–H groups in total. The summed E-state index contributed by atoms with van der Waals surface area (Å²) < 4.78 is 13.0. The maximum Gasteiger partial charge on any atom is 0.321 e. The van der Waals surface area contributed by atoms with Crippen molar-refractivity contribution in [1.29, 1.82) is 0 Å². The van der Waals surface area contributed by atoms with Crippen molar-refractivity contribution in [2.45, 2.75) is 19.8 Å². The molecule has 0 fully saturated rings. The lowest BCUT2D eigenvalue weighted by Crippen LogP contribution is -2.45. The Balaban J connectivity index is 2.31. The molecule has 0 aliphatic rings. The van der Waals surface area contributed by atoms with E-state index in [1.807, 2.05) is 6.92 Å². The fourth-order valence-corrected chi connectivity index (χ4v) is 1.90. The highest BCUT2D eigenvalue weighted by Gasteiger charge is 2.13. The van der Waals surface area contributed by atoms with Gasteiger partial charge in [0.2, 0.25) is 11.8 Å². The molecule has 4 amide bonds. The number of benzene rings is 1. The smallest absolute Gasteiger partial charge is 0.321 e. The lowest BCUT2D eigenvalue weighted by Gasteiger charge is -2.15. The van der Waals surface area contributed by atoms with E-state index in [-0.39, 0.29) is 19.0 Å². The van der Waals surface area contributed by atoms with Gasteiger partial charge in [0, 0.05) is 12.2 Å². The third kappa shape index (κ3) is 8.23. The van der Waals surface area contributed by atoms with Crippen LogP contribution in [-0.4, -0.2) is 49.4 Å². The van der Waals surface area contributed by atoms with Crippen LogP contribution in [0.4, 0.5) is 14.9 Å². The second-order valence-corrected chi connectivity index (χ2v) is 5.39. The van der Waals surface area contributed by atoms with Crippen LogP contribution in [-0.2, 0) is 9.59 Å². The molecule has 24 heavy (non-hydrogen) atoms. The van der Waals surface area contributed by atoms with E-state index in [0.29, 0.717) is 12.2 Å². The van der Waals surface area contributed by atoms with Crippen LogP contribution in [0, 0.1) is 5.82 Å². The van der Waals surface area contributed by atoms with Gasteiger partial charge in [0.25, 0.3) is 0 Å². The second kappa shape index (κ2) is 10.3. The molecule has 0 aromatic heterocycles. The zero-order valence-electron chi connectivity index (χ0n) is 13.9. The van der Waals surface area contributed by atoms with Gasteiger partial charge in [-0.1, -0.05) is 19.4 Å². The number of urea groups is 1. The van der Waals surface area contributed by atoms with Crippen LogP contribution in [0.1, 0.15) is 19.8 Å². The first kappa shape index (κ1) is 19.6. The van der Waals surface area contributed by atoms with Gasteiger partial charge in [0.05, 0.1) is 13.1 Å². The number of imide groups is 1. The number of hydrogen-bond donors (Lipinski definition) is 3. The molecule has 1 aromatic rings. The summed E-state index contributed by atoms with van der Waals surface area (Å²) >= 11 is 0. The summed E-state index contributed by atoms with van der Waals surface area (Å²) in [5.41, 5.74) is 0.341. The van der Waals surface area contributed by atoms with Crippen LogP contribution in [0.5, 0.6) is 0 Å². The van der Waals surface area contributed by atoms with E-state index >= 15 is 0 Å². The van der Waals surface area contributed by atoms with Gasteiger partial charge in [-0.3, -0.25) is 19.8 Å². The lowest BCUT2D eigenvalue weighted by molar-refractivity contribution is -0.122. The van der Waals surface area contributed by atoms with E-state index in [0.717, 1.165) is 12.8 Å². The zero-order valence-corrected chi connectivity index (χ0v) is 13.9. The SMILES string of the molecule is CCCCNC(=O)NC(=O)CN(C)CC(=O)Nc1cccc(F)c1. The Hall–Kier alpha value is -2.48. The molecule has 7 nitrogen and oxygen atoms in total. The van der Waals surface area contributed by atoms with E-state index < -0.39 is 17.8 Å². The number of likely N-dealkylation sites (N-methyl/N-ethyl adjacent to an activating group) is 1. The molecule has 8 heteroatoms. The number of nitrogens with zero attached hydrogens (tertiary/aromatic N) is 1. The van der Waals surface area contributed by atoms with Gasteiger partial charge in [-0.25, -0.2) is 9.18 Å². The van der Waals surface area contributed by atoms with Gasteiger partial charge >= 0.3 is 6.03 Å². The van der Waals surface area contributed by atoms with Gasteiger partial charge in [0.1, 0.15) is 5.82 Å². The van der Waals surface area contributed by atoms with Crippen LogP contribution >= 0.6 is 0 Å². The minimum absolute atomic E-state index is 0.0681. The summed E-state index contributed by atoms with van der Waals surface area (Å²) in [6.07, 6.45) is 1.78. The number of rotatable bonds is 8. The van der Waals surface area contributed by atoms with Crippen LogP contribution in [0.2, 0.25) is 0 Å². The monoisotopic (exact) mass is 338 g/mol. The van der Waals surface area contributed by atoms with Crippen molar-refractivity contribution in [3.8, 4) is 0 Å². The van der Waals surface area contributed by atoms with Crippen molar-refractivity contribution in [2.24, 2.45) is 0 Å². The Kier molecular flexibility index (Phi) is 8.42. The predicted octanol–water partition coefficient (Wildman–Crippen LogP) is 1.32. The van der Waals surface area contributed by atoms with E-state index in [1.54, 1.807) is 13.1 Å². The number of nitrogens with one attached hydrogen (secondary N) is 3. The van der Waals surface area contributed by atoms with Gasteiger partial charge in [-0.05, 0) is 31.7 Å². The van der Waals surface area contributed by atoms with Crippen molar-refractivity contribution in [3.05, 3.63) is 30.1 Å². The van der Waals surface area contributed by atoms with E-state index in [9.17, 15) is 18.8 Å². The summed E-state index contributed by atoms with van der Waals surface area (Å²) in [7, 11) is 1.57. The minimum Gasteiger partial charge on any atom is -0.338 e. The number of carbonyl (C=O) groups is 3. The van der Waals surface area contributed by atoms with Crippen molar-refractivity contribution in [1.82, 2.24) is 15.5 Å². The molecule has 0 unspecified atom stereocenters. The molecular formula is C16H23FN4O3. The Bertz CT molecular complexity index is 580. The quantitative estimate of drug-likeness (QED) is 0.624. The lowest BCUT2D eigenvalue weighted by atomic mass is 10.3. The summed E-state index contributed by atoms with van der Waals surface area (Å²) in [5, 5.41) is 7.28. The Morgan fingerprint density at radius 1 is 1.17 bits per heavy atom. The van der Waals surface area contributed by atoms with Crippen molar-refractivity contribution < 1.29 is 18.8 Å². The molecule has 0 spiro atoms. The van der Waals surface area contributed by atoms with E-state index in [1.165, 1.54) is 23.1 Å². The van der Waals surface area contributed by atoms with Crippen molar-refractivity contribution in [2.75, 3.05) is 32.0 Å². The first-order valence-corrected chi connectivity index (χ1v) is 7.72. The normalized spacial score (nSPS) is 10.3. The largest absolute Gasteiger partial charge is 0.338 e. The summed E-state index contributed by atoms with van der Waals surface area (Å²) in [6, 6.07) is 4.97. The average molecular weight is 338 g/mol. The first-order valence-electron chi connectivity index (χ1n) is 7.72. The standard InChI is InChI=1S/C16H23FN4O3/c1-3-4-8-18-16(24)20-15(23)11-21(2)10-14(22)19-13-7-5-6-12(17)9-13/h5-7,9H,3-4,8,10-11H2,1-2H3,(H,19,22)(H2,18,20,23,24). The zero-order chi connectivity index (χ0) is 17.9. The molecule has 1 aromatic carbocycles. The highest BCUT2D eigenvalue weighted by molar-refractivity contribution is 5.96. The molecule has 0 bridgehead atoms. The third-order valence-electron chi connectivity index (χ3n) is 3.00. The number of amides is 4. The summed E-state index contributed by atoms with van der Waals surface area (Å²) in [4.78, 5) is 36.4. The molecule has 0 saturated carbocycles. The van der Waals surface area contributed by atoms with Crippen molar-refractivity contribution >= 4 is 23.5 Å². The van der Waals surface area contributed by atoms with Gasteiger partial charge in [0.15, 0.2) is 0 Å². The molecule has 1 rings (SSSR count). The van der Waals surface area contributed by atoms with E-state index in [4.69, 9.17) is 0 Å². The van der Waals surface area contributed by atoms with Crippen LogP contribution < -0.4 is 16.0 Å². The van der Waals surface area contributed by atoms with Gasteiger partial charge < -0.3 is 10.6 Å². The minimum atomic E-state index is -0.550. The van der Waals surface area contributed by atoms with Crippen LogP contribution in [0.25, 0.3) is 0 Å². The maximum absolute atomic E-state index is 13.0. The third-order valence-corrected chi connectivity index (χ3v) is 3.00. The fourth-order valence-electron chi connectivity index (χ4n) is 1.90. The first-order chi connectivity index (χ1) is 11.4. The summed E-state index contributed by atoms with van der Waals surface area (Å²) in [6.45, 7) is 2.31. The molecule has 0 saturated heterocycles. The number of unbranched alkanes of at least 4 members (excludes halogenated alkanes) is 1.